The topological polar surface area (TPSA) is 54.6 Å². The molecule has 0 aliphatic heterocycles. The molecule has 1 heterocycles. The number of nitrogens with zero attached hydrogens (tertiary/aromatic N) is 2. The molecule has 0 spiro atoms. The van der Waals surface area contributed by atoms with Crippen molar-refractivity contribution in [3.63, 3.8) is 0 Å². The highest BCUT2D eigenvalue weighted by Gasteiger charge is 2.08. The zero-order valence-electron chi connectivity index (χ0n) is 9.54. The van der Waals surface area contributed by atoms with Gasteiger partial charge in [-0.15, -0.1) is 0 Å². The molecule has 5 heteroatoms. The van der Waals surface area contributed by atoms with E-state index in [1.54, 1.807) is 0 Å². The van der Waals surface area contributed by atoms with Gasteiger partial charge in [-0.05, 0) is 24.6 Å². The number of rotatable bonds is 2. The van der Waals surface area contributed by atoms with Crippen LogP contribution in [0.1, 0.15) is 10.4 Å². The van der Waals surface area contributed by atoms with Gasteiger partial charge in [0.1, 0.15) is 4.88 Å². The molecule has 2 aromatic rings. The molecule has 0 aliphatic rings. The molecule has 0 bridgehead atoms. The molecule has 1 N–H and O–H groups in total. The van der Waals surface area contributed by atoms with Crippen LogP contribution >= 0.6 is 11.3 Å². The first-order chi connectivity index (χ1) is 8.08. The summed E-state index contributed by atoms with van der Waals surface area (Å²) in [4.78, 5) is 15.8. The van der Waals surface area contributed by atoms with Crippen molar-refractivity contribution >= 4 is 23.2 Å². The van der Waals surface area contributed by atoms with E-state index >= 15 is 0 Å². The summed E-state index contributed by atoms with van der Waals surface area (Å²) in [5, 5.41) is 9.63. The highest BCUT2D eigenvalue weighted by atomic mass is 32.1. The van der Waals surface area contributed by atoms with Gasteiger partial charge in [0.25, 0.3) is 0 Å². The number of hydrogen-bond acceptors (Lipinski definition) is 4. The highest BCUT2D eigenvalue weighted by Crippen LogP contribution is 2.18. The Hall–Kier alpha value is -1.88. The minimum atomic E-state index is -0.201. The van der Waals surface area contributed by atoms with Crippen LogP contribution in [0.4, 0.5) is 5.69 Å². The van der Waals surface area contributed by atoms with Gasteiger partial charge in [-0.1, -0.05) is 23.5 Å². The number of benzene rings is 1. The van der Waals surface area contributed by atoms with E-state index < -0.39 is 0 Å². The van der Waals surface area contributed by atoms with E-state index in [0.29, 0.717) is 4.88 Å². The first-order valence-electron chi connectivity index (χ1n) is 5.07. The molecule has 0 amide bonds. The van der Waals surface area contributed by atoms with Gasteiger partial charge >= 0.3 is 4.87 Å². The molecule has 0 saturated carbocycles. The summed E-state index contributed by atoms with van der Waals surface area (Å²) in [6, 6.07) is 7.69. The van der Waals surface area contributed by atoms with E-state index in [0.717, 1.165) is 22.6 Å². The minimum absolute atomic E-state index is 0.0450. The van der Waals surface area contributed by atoms with Gasteiger partial charge in [-0.3, -0.25) is 14.4 Å². The maximum atomic E-state index is 11.3. The van der Waals surface area contributed by atoms with Crippen LogP contribution in [0.25, 0.3) is 0 Å². The maximum absolute atomic E-state index is 11.3. The van der Waals surface area contributed by atoms with Crippen LogP contribution in [0.15, 0.2) is 34.1 Å². The van der Waals surface area contributed by atoms with E-state index in [9.17, 15) is 9.90 Å². The van der Waals surface area contributed by atoms with Crippen molar-refractivity contribution in [3.8, 4) is 5.88 Å². The van der Waals surface area contributed by atoms with Crippen LogP contribution in [0, 0.1) is 6.92 Å². The van der Waals surface area contributed by atoms with Gasteiger partial charge in [-0.25, -0.2) is 0 Å². The number of aromatic hydroxyl groups is 1. The molecule has 4 nitrogen and oxygen atoms in total. The molecule has 1 aromatic heterocycles. The van der Waals surface area contributed by atoms with Crippen molar-refractivity contribution in [2.75, 3.05) is 0 Å². The second kappa shape index (κ2) is 4.55. The van der Waals surface area contributed by atoms with E-state index in [4.69, 9.17) is 0 Å². The third kappa shape index (κ3) is 2.45. The van der Waals surface area contributed by atoms with Crippen LogP contribution in [0.3, 0.4) is 0 Å². The quantitative estimate of drug-likeness (QED) is 0.828. The number of aliphatic imine (C=N–C) groups is 1. The molecular weight excluding hydrogens is 236 g/mol. The standard InChI is InChI=1S/C12H12N2O2S/c1-8-4-3-5-9(6-8)13-7-10-11(15)14(2)12(16)17-10/h3-7,15H,1-2H3. The Labute approximate surface area is 103 Å². The fourth-order valence-corrected chi connectivity index (χ4v) is 2.13. The van der Waals surface area contributed by atoms with Gasteiger partial charge in [0, 0.05) is 7.05 Å². The molecule has 0 unspecified atom stereocenters. The number of thiazole rings is 1. The second-order valence-electron chi connectivity index (χ2n) is 3.71. The van der Waals surface area contributed by atoms with Crippen LogP contribution in [0.5, 0.6) is 5.88 Å². The zero-order chi connectivity index (χ0) is 12.4. The van der Waals surface area contributed by atoms with E-state index in [1.807, 2.05) is 31.2 Å². The zero-order valence-corrected chi connectivity index (χ0v) is 10.4. The van der Waals surface area contributed by atoms with Gasteiger partial charge in [0.15, 0.2) is 0 Å². The average Bonchev–Trinajstić information content (AvgIpc) is 2.54. The van der Waals surface area contributed by atoms with E-state index in [-0.39, 0.29) is 10.8 Å². The molecule has 0 fully saturated rings. The molecule has 0 atom stereocenters. The van der Waals surface area contributed by atoms with Crippen molar-refractivity contribution in [2.24, 2.45) is 12.0 Å². The Kier molecular flexibility index (Phi) is 3.10. The van der Waals surface area contributed by atoms with Crippen LogP contribution in [0.2, 0.25) is 0 Å². The average molecular weight is 248 g/mol. The van der Waals surface area contributed by atoms with Crippen molar-refractivity contribution in [2.45, 2.75) is 6.92 Å². The lowest BCUT2D eigenvalue weighted by Crippen LogP contribution is -2.05. The molecule has 1 aromatic carbocycles. The summed E-state index contributed by atoms with van der Waals surface area (Å²) >= 11 is 0.973. The van der Waals surface area contributed by atoms with Crippen molar-refractivity contribution in [1.29, 1.82) is 0 Å². The van der Waals surface area contributed by atoms with Crippen molar-refractivity contribution < 1.29 is 5.11 Å². The van der Waals surface area contributed by atoms with E-state index in [2.05, 4.69) is 4.99 Å². The van der Waals surface area contributed by atoms with Gasteiger partial charge in [-0.2, -0.15) is 0 Å². The number of hydrogen-bond donors (Lipinski definition) is 1. The lowest BCUT2D eigenvalue weighted by atomic mass is 10.2. The molecule has 0 saturated heterocycles. The van der Waals surface area contributed by atoms with Gasteiger partial charge in [0.2, 0.25) is 5.88 Å². The third-order valence-electron chi connectivity index (χ3n) is 2.34. The van der Waals surface area contributed by atoms with Crippen molar-refractivity contribution in [3.05, 3.63) is 44.4 Å². The lowest BCUT2D eigenvalue weighted by molar-refractivity contribution is 0.429. The fourth-order valence-electron chi connectivity index (χ4n) is 1.39. The van der Waals surface area contributed by atoms with Crippen molar-refractivity contribution in [1.82, 2.24) is 4.57 Å². The lowest BCUT2D eigenvalue weighted by Gasteiger charge is -1.95. The molecule has 2 rings (SSSR count). The smallest absolute Gasteiger partial charge is 0.310 e. The van der Waals surface area contributed by atoms with Gasteiger partial charge < -0.3 is 5.11 Å². The third-order valence-corrected chi connectivity index (χ3v) is 3.30. The van der Waals surface area contributed by atoms with Crippen LogP contribution in [-0.2, 0) is 7.05 Å². The minimum Gasteiger partial charge on any atom is -0.493 e. The Morgan fingerprint density at radius 2 is 2.24 bits per heavy atom. The summed E-state index contributed by atoms with van der Waals surface area (Å²) in [5.41, 5.74) is 1.91. The fraction of sp³-hybridized carbons (Fsp3) is 0.167. The molecular formula is C12H12N2O2S. The highest BCUT2D eigenvalue weighted by molar-refractivity contribution is 7.11. The first-order valence-corrected chi connectivity index (χ1v) is 5.89. The Morgan fingerprint density at radius 3 is 2.82 bits per heavy atom. The Balaban J connectivity index is 2.32. The predicted molar refractivity (Wildman–Crippen MR) is 69.7 cm³/mol. The van der Waals surface area contributed by atoms with Crippen LogP contribution < -0.4 is 4.87 Å². The van der Waals surface area contributed by atoms with Gasteiger partial charge in [0.05, 0.1) is 11.9 Å². The molecule has 88 valence electrons. The summed E-state index contributed by atoms with van der Waals surface area (Å²) in [7, 11) is 1.53. The summed E-state index contributed by atoms with van der Waals surface area (Å²) in [6.45, 7) is 1.98. The Morgan fingerprint density at radius 1 is 1.47 bits per heavy atom. The summed E-state index contributed by atoms with van der Waals surface area (Å²) in [6.07, 6.45) is 1.51. The van der Waals surface area contributed by atoms with Crippen LogP contribution in [-0.4, -0.2) is 15.9 Å². The largest absolute Gasteiger partial charge is 0.493 e. The SMILES string of the molecule is Cc1cccc(N=Cc2sc(=O)n(C)c2O)c1. The van der Waals surface area contributed by atoms with E-state index in [1.165, 1.54) is 17.8 Å². The molecule has 0 aliphatic carbocycles. The summed E-state index contributed by atoms with van der Waals surface area (Å²) in [5.74, 6) is -0.0450. The number of aromatic nitrogens is 1. The summed E-state index contributed by atoms with van der Waals surface area (Å²) < 4.78 is 1.20. The first kappa shape index (κ1) is 11.6. The molecule has 0 radical (unpaired) electrons. The normalized spacial score (nSPS) is 11.2. The monoisotopic (exact) mass is 248 g/mol. The predicted octanol–water partition coefficient (Wildman–Crippen LogP) is 2.21. The Bertz CT molecular complexity index is 626. The maximum Gasteiger partial charge on any atom is 0.310 e. The number of aryl methyl sites for hydroxylation is 1. The second-order valence-corrected chi connectivity index (χ2v) is 4.71. The molecule has 17 heavy (non-hydrogen) atoms.